The normalized spacial score (nSPS) is 16.5. The van der Waals surface area contributed by atoms with Crippen molar-refractivity contribution in [2.45, 2.75) is 6.10 Å². The highest BCUT2D eigenvalue weighted by Gasteiger charge is 2.21. The second kappa shape index (κ2) is 9.28. The van der Waals surface area contributed by atoms with E-state index >= 15 is 0 Å². The number of methoxy groups -OCH3 is 1. The minimum Gasteiger partial charge on any atom is -0.375 e. The SMILES string of the molecule is COC(CN1CCN(c2ccc(Cl)cc2)CC1)c1ccccc1.Cl. The summed E-state index contributed by atoms with van der Waals surface area (Å²) in [7, 11) is 1.79. The molecule has 1 heterocycles. The number of ether oxygens (including phenoxy) is 1. The molecule has 5 heteroatoms. The number of halogens is 2. The maximum absolute atomic E-state index is 5.96. The number of piperazine rings is 1. The molecule has 0 aromatic heterocycles. The molecule has 0 saturated carbocycles. The van der Waals surface area contributed by atoms with Crippen LogP contribution in [0.15, 0.2) is 54.6 Å². The van der Waals surface area contributed by atoms with Crippen LogP contribution in [0.4, 0.5) is 5.69 Å². The van der Waals surface area contributed by atoms with Crippen molar-refractivity contribution in [3.8, 4) is 0 Å². The summed E-state index contributed by atoms with van der Waals surface area (Å²) in [5, 5.41) is 0.790. The van der Waals surface area contributed by atoms with E-state index in [2.05, 4.69) is 46.2 Å². The van der Waals surface area contributed by atoms with Crippen LogP contribution < -0.4 is 4.90 Å². The third-order valence-corrected chi connectivity index (χ3v) is 4.70. The number of rotatable bonds is 5. The van der Waals surface area contributed by atoms with E-state index < -0.39 is 0 Å². The Morgan fingerprint density at radius 3 is 2.17 bits per heavy atom. The smallest absolute Gasteiger partial charge is 0.0947 e. The molecule has 3 rings (SSSR count). The fourth-order valence-electron chi connectivity index (χ4n) is 3.06. The number of hydrogen-bond acceptors (Lipinski definition) is 3. The molecule has 2 aromatic rings. The van der Waals surface area contributed by atoms with Crippen LogP contribution >= 0.6 is 24.0 Å². The van der Waals surface area contributed by atoms with Gasteiger partial charge in [0.15, 0.2) is 0 Å². The molecule has 1 saturated heterocycles. The lowest BCUT2D eigenvalue weighted by Crippen LogP contribution is -2.47. The van der Waals surface area contributed by atoms with Crippen LogP contribution in [0.1, 0.15) is 11.7 Å². The van der Waals surface area contributed by atoms with Crippen molar-refractivity contribution in [2.24, 2.45) is 0 Å². The first-order chi connectivity index (χ1) is 11.3. The van der Waals surface area contributed by atoms with E-state index in [0.717, 1.165) is 37.7 Å². The van der Waals surface area contributed by atoms with Gasteiger partial charge in [-0.2, -0.15) is 0 Å². The van der Waals surface area contributed by atoms with Crippen LogP contribution in [-0.4, -0.2) is 44.7 Å². The number of anilines is 1. The maximum Gasteiger partial charge on any atom is 0.0947 e. The van der Waals surface area contributed by atoms with E-state index in [9.17, 15) is 0 Å². The Morgan fingerprint density at radius 1 is 0.958 bits per heavy atom. The highest BCUT2D eigenvalue weighted by atomic mass is 35.5. The Balaban J connectivity index is 0.00000208. The van der Waals surface area contributed by atoms with Crippen LogP contribution in [0.3, 0.4) is 0 Å². The summed E-state index contributed by atoms with van der Waals surface area (Å²) in [6, 6.07) is 18.6. The molecule has 2 aromatic carbocycles. The average Bonchev–Trinajstić information content (AvgIpc) is 2.62. The number of nitrogens with zero attached hydrogens (tertiary/aromatic N) is 2. The van der Waals surface area contributed by atoms with E-state index in [1.54, 1.807) is 7.11 Å². The molecule has 0 aliphatic carbocycles. The zero-order valence-electron chi connectivity index (χ0n) is 13.9. The molecule has 0 spiro atoms. The van der Waals surface area contributed by atoms with Crippen molar-refractivity contribution < 1.29 is 4.74 Å². The van der Waals surface area contributed by atoms with Gasteiger partial charge in [-0.1, -0.05) is 41.9 Å². The van der Waals surface area contributed by atoms with Crippen molar-refractivity contribution in [2.75, 3.05) is 44.7 Å². The van der Waals surface area contributed by atoms with Crippen molar-refractivity contribution in [3.63, 3.8) is 0 Å². The first-order valence-corrected chi connectivity index (χ1v) is 8.44. The quantitative estimate of drug-likeness (QED) is 0.785. The van der Waals surface area contributed by atoms with E-state index in [1.165, 1.54) is 11.3 Å². The first-order valence-electron chi connectivity index (χ1n) is 8.07. The molecule has 1 aliphatic rings. The molecule has 1 atom stereocenters. The Hall–Kier alpha value is -1.26. The Bertz CT molecular complexity index is 599. The summed E-state index contributed by atoms with van der Waals surface area (Å²) in [4.78, 5) is 4.89. The van der Waals surface area contributed by atoms with Gasteiger partial charge in [0.05, 0.1) is 6.10 Å². The lowest BCUT2D eigenvalue weighted by atomic mass is 10.1. The predicted octanol–water partition coefficient (Wildman–Crippen LogP) is 4.27. The molecule has 0 bridgehead atoms. The molecule has 0 amide bonds. The Kier molecular flexibility index (Phi) is 7.38. The molecule has 130 valence electrons. The van der Waals surface area contributed by atoms with Crippen molar-refractivity contribution in [1.29, 1.82) is 0 Å². The Morgan fingerprint density at radius 2 is 1.58 bits per heavy atom. The minimum absolute atomic E-state index is 0. The lowest BCUT2D eigenvalue weighted by molar-refractivity contribution is 0.0615. The van der Waals surface area contributed by atoms with E-state index in [0.29, 0.717) is 0 Å². The van der Waals surface area contributed by atoms with E-state index in [1.807, 2.05) is 18.2 Å². The van der Waals surface area contributed by atoms with Crippen LogP contribution in [0.2, 0.25) is 5.02 Å². The fourth-order valence-corrected chi connectivity index (χ4v) is 3.18. The van der Waals surface area contributed by atoms with Gasteiger partial charge in [-0.05, 0) is 29.8 Å². The fraction of sp³-hybridized carbons (Fsp3) is 0.368. The van der Waals surface area contributed by atoms with Gasteiger partial charge in [-0.3, -0.25) is 4.90 Å². The van der Waals surface area contributed by atoms with Gasteiger partial charge in [-0.25, -0.2) is 0 Å². The van der Waals surface area contributed by atoms with E-state index in [-0.39, 0.29) is 18.5 Å². The Labute approximate surface area is 155 Å². The van der Waals surface area contributed by atoms with Crippen LogP contribution in [-0.2, 0) is 4.74 Å². The molecule has 1 unspecified atom stereocenters. The standard InChI is InChI=1S/C19H23ClN2O.ClH/c1-23-19(16-5-3-2-4-6-16)15-21-11-13-22(14-12-21)18-9-7-17(20)8-10-18;/h2-10,19H,11-15H2,1H3;1H. The summed E-state index contributed by atoms with van der Waals surface area (Å²) >= 11 is 5.96. The average molecular weight is 367 g/mol. The van der Waals surface area contributed by atoms with Crippen LogP contribution in [0.5, 0.6) is 0 Å². The topological polar surface area (TPSA) is 15.7 Å². The van der Waals surface area contributed by atoms with Crippen molar-refractivity contribution in [1.82, 2.24) is 4.90 Å². The molecular weight excluding hydrogens is 343 g/mol. The molecule has 3 nitrogen and oxygen atoms in total. The minimum atomic E-state index is 0. The maximum atomic E-state index is 5.96. The third-order valence-electron chi connectivity index (χ3n) is 4.44. The highest BCUT2D eigenvalue weighted by molar-refractivity contribution is 6.30. The summed E-state index contributed by atoms with van der Waals surface area (Å²) < 4.78 is 5.69. The predicted molar refractivity (Wildman–Crippen MR) is 104 cm³/mol. The van der Waals surface area contributed by atoms with Crippen molar-refractivity contribution in [3.05, 3.63) is 65.2 Å². The van der Waals surface area contributed by atoms with Crippen LogP contribution in [0.25, 0.3) is 0 Å². The molecule has 0 N–H and O–H groups in total. The molecule has 1 fully saturated rings. The number of benzene rings is 2. The largest absolute Gasteiger partial charge is 0.375 e. The lowest BCUT2D eigenvalue weighted by Gasteiger charge is -2.37. The van der Waals surface area contributed by atoms with Gasteiger partial charge in [0.25, 0.3) is 0 Å². The van der Waals surface area contributed by atoms with Gasteiger partial charge in [0.2, 0.25) is 0 Å². The van der Waals surface area contributed by atoms with Gasteiger partial charge < -0.3 is 9.64 Å². The molecule has 24 heavy (non-hydrogen) atoms. The van der Waals surface area contributed by atoms with E-state index in [4.69, 9.17) is 16.3 Å². The molecular formula is C19H24Cl2N2O. The summed E-state index contributed by atoms with van der Waals surface area (Å²) in [5.41, 5.74) is 2.50. The monoisotopic (exact) mass is 366 g/mol. The van der Waals surface area contributed by atoms with Crippen molar-refractivity contribution >= 4 is 29.7 Å². The molecule has 1 aliphatic heterocycles. The number of hydrogen-bond donors (Lipinski definition) is 0. The summed E-state index contributed by atoms with van der Waals surface area (Å²) in [5.74, 6) is 0. The summed E-state index contributed by atoms with van der Waals surface area (Å²) in [6.45, 7) is 5.11. The van der Waals surface area contributed by atoms with Gasteiger partial charge >= 0.3 is 0 Å². The third kappa shape index (κ3) is 4.87. The van der Waals surface area contributed by atoms with Gasteiger partial charge in [0, 0.05) is 50.5 Å². The van der Waals surface area contributed by atoms with Crippen LogP contribution in [0, 0.1) is 0 Å². The summed E-state index contributed by atoms with van der Waals surface area (Å²) in [6.07, 6.45) is 0.137. The zero-order valence-corrected chi connectivity index (χ0v) is 15.5. The second-order valence-electron chi connectivity index (χ2n) is 5.90. The zero-order chi connectivity index (χ0) is 16.1. The van der Waals surface area contributed by atoms with Gasteiger partial charge in [-0.15, -0.1) is 12.4 Å². The first kappa shape index (κ1) is 19.1. The highest BCUT2D eigenvalue weighted by Crippen LogP contribution is 2.22. The molecule has 0 radical (unpaired) electrons. The second-order valence-corrected chi connectivity index (χ2v) is 6.34. The van der Waals surface area contributed by atoms with Gasteiger partial charge in [0.1, 0.15) is 0 Å².